The maximum Gasteiger partial charge on any atom is 0.239 e. The number of carbonyl (C=O) groups is 1. The lowest BCUT2D eigenvalue weighted by molar-refractivity contribution is -0.135. The molecule has 3 nitrogen and oxygen atoms in total. The average Bonchev–Trinajstić information content (AvgIpc) is 2.28. The van der Waals surface area contributed by atoms with Gasteiger partial charge in [-0.3, -0.25) is 4.79 Å². The molecule has 0 bridgehead atoms. The summed E-state index contributed by atoms with van der Waals surface area (Å²) in [5, 5.41) is 0. The number of rotatable bonds is 4. The van der Waals surface area contributed by atoms with Crippen molar-refractivity contribution in [3.8, 4) is 0 Å². The summed E-state index contributed by atoms with van der Waals surface area (Å²) in [6.07, 6.45) is 3.95. The van der Waals surface area contributed by atoms with Crippen LogP contribution in [-0.4, -0.2) is 41.9 Å². The van der Waals surface area contributed by atoms with Gasteiger partial charge in [0.15, 0.2) is 0 Å². The van der Waals surface area contributed by atoms with E-state index in [1.165, 1.54) is 0 Å². The van der Waals surface area contributed by atoms with Crippen molar-refractivity contribution in [2.24, 2.45) is 17.6 Å². The third-order valence-electron chi connectivity index (χ3n) is 3.60. The highest BCUT2D eigenvalue weighted by Crippen LogP contribution is 2.22. The summed E-state index contributed by atoms with van der Waals surface area (Å²) < 4.78 is 0. The smallest absolute Gasteiger partial charge is 0.239 e. The Morgan fingerprint density at radius 2 is 2.19 bits per heavy atom. The number of hydrogen-bond donors (Lipinski definition) is 1. The Kier molecular flexibility index (Phi) is 5.62. The van der Waals surface area contributed by atoms with Crippen molar-refractivity contribution in [3.63, 3.8) is 0 Å². The SMILES string of the molecule is CSCC[C@H](N)C(=O)N1CC[C@H](C)[C@H](C)C1. The van der Waals surface area contributed by atoms with Gasteiger partial charge in [-0.05, 0) is 36.7 Å². The zero-order chi connectivity index (χ0) is 12.1. The largest absolute Gasteiger partial charge is 0.341 e. The molecule has 0 aromatic rings. The van der Waals surface area contributed by atoms with Gasteiger partial charge >= 0.3 is 0 Å². The molecule has 1 aliphatic rings. The van der Waals surface area contributed by atoms with Crippen LogP contribution in [0, 0.1) is 11.8 Å². The third-order valence-corrected chi connectivity index (χ3v) is 4.24. The Bertz CT molecular complexity index is 235. The van der Waals surface area contributed by atoms with E-state index in [-0.39, 0.29) is 11.9 Å². The maximum atomic E-state index is 12.0. The van der Waals surface area contributed by atoms with Gasteiger partial charge in [0, 0.05) is 13.1 Å². The molecule has 94 valence electrons. The summed E-state index contributed by atoms with van der Waals surface area (Å²) in [5.41, 5.74) is 5.91. The lowest BCUT2D eigenvalue weighted by Crippen LogP contribution is -2.49. The number of hydrogen-bond acceptors (Lipinski definition) is 3. The van der Waals surface area contributed by atoms with E-state index in [1.54, 1.807) is 11.8 Å². The summed E-state index contributed by atoms with van der Waals surface area (Å²) >= 11 is 1.74. The molecule has 0 aromatic heterocycles. The van der Waals surface area contributed by atoms with Crippen LogP contribution in [0.3, 0.4) is 0 Å². The van der Waals surface area contributed by atoms with Crippen LogP contribution in [0.4, 0.5) is 0 Å². The quantitative estimate of drug-likeness (QED) is 0.816. The van der Waals surface area contributed by atoms with E-state index in [1.807, 2.05) is 11.2 Å². The Labute approximate surface area is 103 Å². The van der Waals surface area contributed by atoms with Crippen molar-refractivity contribution in [1.82, 2.24) is 4.90 Å². The van der Waals surface area contributed by atoms with E-state index in [4.69, 9.17) is 5.73 Å². The average molecular weight is 244 g/mol. The summed E-state index contributed by atoms with van der Waals surface area (Å²) in [5.74, 6) is 2.44. The molecular formula is C12H24N2OS. The zero-order valence-corrected chi connectivity index (χ0v) is 11.4. The van der Waals surface area contributed by atoms with Gasteiger partial charge in [-0.15, -0.1) is 0 Å². The molecule has 0 radical (unpaired) electrons. The van der Waals surface area contributed by atoms with Crippen molar-refractivity contribution in [2.45, 2.75) is 32.7 Å². The first-order chi connectivity index (χ1) is 7.56. The second-order valence-corrected chi connectivity index (χ2v) is 5.90. The van der Waals surface area contributed by atoms with Crippen LogP contribution in [-0.2, 0) is 4.79 Å². The van der Waals surface area contributed by atoms with Crippen LogP contribution >= 0.6 is 11.8 Å². The Balaban J connectivity index is 2.42. The molecule has 1 saturated heterocycles. The molecule has 16 heavy (non-hydrogen) atoms. The predicted molar refractivity (Wildman–Crippen MR) is 70.5 cm³/mol. The van der Waals surface area contributed by atoms with Crippen LogP contribution in [0.1, 0.15) is 26.7 Å². The highest BCUT2D eigenvalue weighted by Gasteiger charge is 2.28. The third kappa shape index (κ3) is 3.67. The van der Waals surface area contributed by atoms with Gasteiger partial charge in [-0.1, -0.05) is 13.8 Å². The van der Waals surface area contributed by atoms with Gasteiger partial charge < -0.3 is 10.6 Å². The van der Waals surface area contributed by atoms with Crippen LogP contribution in [0.2, 0.25) is 0 Å². The lowest BCUT2D eigenvalue weighted by atomic mass is 9.88. The first-order valence-electron chi connectivity index (χ1n) is 6.09. The Morgan fingerprint density at radius 3 is 2.75 bits per heavy atom. The van der Waals surface area contributed by atoms with E-state index >= 15 is 0 Å². The molecule has 1 heterocycles. The van der Waals surface area contributed by atoms with Gasteiger partial charge in [0.25, 0.3) is 0 Å². The van der Waals surface area contributed by atoms with E-state index < -0.39 is 0 Å². The highest BCUT2D eigenvalue weighted by molar-refractivity contribution is 7.98. The highest BCUT2D eigenvalue weighted by atomic mass is 32.2. The van der Waals surface area contributed by atoms with Crippen LogP contribution in [0.15, 0.2) is 0 Å². The van der Waals surface area contributed by atoms with E-state index in [0.29, 0.717) is 5.92 Å². The maximum absolute atomic E-state index is 12.0. The zero-order valence-electron chi connectivity index (χ0n) is 10.6. The first-order valence-corrected chi connectivity index (χ1v) is 7.49. The molecular weight excluding hydrogens is 220 g/mol. The molecule has 0 spiro atoms. The molecule has 1 rings (SSSR count). The molecule has 0 saturated carbocycles. The monoisotopic (exact) mass is 244 g/mol. The summed E-state index contributed by atoms with van der Waals surface area (Å²) in [6.45, 7) is 6.25. The second kappa shape index (κ2) is 6.50. The summed E-state index contributed by atoms with van der Waals surface area (Å²) in [4.78, 5) is 14.0. The van der Waals surface area contributed by atoms with E-state index in [0.717, 1.165) is 37.6 Å². The van der Waals surface area contributed by atoms with Gasteiger partial charge in [-0.2, -0.15) is 11.8 Å². The molecule has 0 unspecified atom stereocenters. The van der Waals surface area contributed by atoms with Gasteiger partial charge in [0.2, 0.25) is 5.91 Å². The standard InChI is InChI=1S/C12H24N2OS/c1-9-4-6-14(8-10(9)2)12(15)11(13)5-7-16-3/h9-11H,4-8,13H2,1-3H3/t9-,10+,11-/m0/s1. The van der Waals surface area contributed by atoms with Crippen molar-refractivity contribution in [2.75, 3.05) is 25.1 Å². The van der Waals surface area contributed by atoms with E-state index in [2.05, 4.69) is 13.8 Å². The summed E-state index contributed by atoms with van der Waals surface area (Å²) in [7, 11) is 0. The van der Waals surface area contributed by atoms with Gasteiger partial charge in [-0.25, -0.2) is 0 Å². The number of nitrogens with two attached hydrogens (primary N) is 1. The number of piperidine rings is 1. The fourth-order valence-corrected chi connectivity index (χ4v) is 2.56. The minimum atomic E-state index is -0.298. The first kappa shape index (κ1) is 13.8. The van der Waals surface area contributed by atoms with Crippen molar-refractivity contribution >= 4 is 17.7 Å². The van der Waals surface area contributed by atoms with Crippen LogP contribution in [0.5, 0.6) is 0 Å². The predicted octanol–water partition coefficient (Wildman–Crippen LogP) is 1.57. The van der Waals surface area contributed by atoms with Crippen LogP contribution in [0.25, 0.3) is 0 Å². The van der Waals surface area contributed by atoms with Gasteiger partial charge in [0.05, 0.1) is 6.04 Å². The van der Waals surface area contributed by atoms with E-state index in [9.17, 15) is 4.79 Å². The molecule has 1 fully saturated rings. The normalized spacial score (nSPS) is 27.9. The number of nitrogens with zero attached hydrogens (tertiary/aromatic N) is 1. The number of thioether (sulfide) groups is 1. The van der Waals surface area contributed by atoms with Gasteiger partial charge in [0.1, 0.15) is 0 Å². The fourth-order valence-electron chi connectivity index (χ4n) is 2.07. The van der Waals surface area contributed by atoms with Crippen molar-refractivity contribution in [3.05, 3.63) is 0 Å². The molecule has 4 heteroatoms. The van der Waals surface area contributed by atoms with Crippen LogP contribution < -0.4 is 5.73 Å². The topological polar surface area (TPSA) is 46.3 Å². The minimum Gasteiger partial charge on any atom is -0.341 e. The minimum absolute atomic E-state index is 0.146. The van der Waals surface area contributed by atoms with Crippen molar-refractivity contribution in [1.29, 1.82) is 0 Å². The second-order valence-electron chi connectivity index (χ2n) is 4.92. The molecule has 2 N–H and O–H groups in total. The molecule has 1 amide bonds. The lowest BCUT2D eigenvalue weighted by Gasteiger charge is -2.36. The number of likely N-dealkylation sites (tertiary alicyclic amines) is 1. The molecule has 0 aliphatic carbocycles. The summed E-state index contributed by atoms with van der Waals surface area (Å²) in [6, 6.07) is -0.298. The Hall–Kier alpha value is -0.220. The molecule has 0 aromatic carbocycles. The fraction of sp³-hybridized carbons (Fsp3) is 0.917. The number of carbonyl (C=O) groups excluding carboxylic acids is 1. The molecule has 3 atom stereocenters. The van der Waals surface area contributed by atoms with Crippen molar-refractivity contribution < 1.29 is 4.79 Å². The Morgan fingerprint density at radius 1 is 1.50 bits per heavy atom. The molecule has 1 aliphatic heterocycles. The number of amides is 1.